The molecule has 2 aromatic carbocycles. The van der Waals surface area contributed by atoms with Gasteiger partial charge in [0, 0.05) is 18.7 Å². The predicted octanol–water partition coefficient (Wildman–Crippen LogP) is 2.09. The van der Waals surface area contributed by atoms with E-state index in [0.29, 0.717) is 5.69 Å². The highest BCUT2D eigenvalue weighted by Gasteiger charge is 2.35. The molecule has 2 aromatic rings. The molecule has 1 aliphatic heterocycles. The Bertz CT molecular complexity index is 879. The van der Waals surface area contributed by atoms with Gasteiger partial charge in [-0.2, -0.15) is 0 Å². The zero-order valence-electron chi connectivity index (χ0n) is 14.5. The van der Waals surface area contributed by atoms with Crippen LogP contribution in [0.5, 0.6) is 0 Å². The molecule has 0 aromatic heterocycles. The van der Waals surface area contributed by atoms with Crippen molar-refractivity contribution in [2.45, 2.75) is 13.3 Å². The van der Waals surface area contributed by atoms with E-state index in [1.54, 1.807) is 12.1 Å². The number of carbonyl (C=O) groups excluding carboxylic acids is 3. The summed E-state index contributed by atoms with van der Waals surface area (Å²) in [6, 6.07) is 10.3. The Balaban J connectivity index is 1.61. The van der Waals surface area contributed by atoms with Gasteiger partial charge in [0.15, 0.2) is 0 Å². The number of halogens is 2. The van der Waals surface area contributed by atoms with Gasteiger partial charge in [0.1, 0.15) is 17.2 Å². The Kier molecular flexibility index (Phi) is 5.16. The van der Waals surface area contributed by atoms with Crippen molar-refractivity contribution >= 4 is 23.4 Å². The Morgan fingerprint density at radius 1 is 1.04 bits per heavy atom. The van der Waals surface area contributed by atoms with E-state index >= 15 is 0 Å². The molecule has 0 saturated carbocycles. The van der Waals surface area contributed by atoms with Crippen molar-refractivity contribution in [2.75, 3.05) is 11.4 Å². The van der Waals surface area contributed by atoms with E-state index in [4.69, 9.17) is 0 Å². The number of anilines is 1. The summed E-state index contributed by atoms with van der Waals surface area (Å²) >= 11 is 0. The third kappa shape index (κ3) is 3.94. The lowest BCUT2D eigenvalue weighted by molar-refractivity contribution is -0.126. The van der Waals surface area contributed by atoms with Gasteiger partial charge >= 0.3 is 0 Å². The van der Waals surface area contributed by atoms with Crippen molar-refractivity contribution in [1.29, 1.82) is 0 Å². The summed E-state index contributed by atoms with van der Waals surface area (Å²) < 4.78 is 27.2. The lowest BCUT2D eigenvalue weighted by Gasteiger charge is -2.17. The number of rotatable bonds is 3. The fourth-order valence-corrected chi connectivity index (χ4v) is 2.86. The molecule has 1 heterocycles. The summed E-state index contributed by atoms with van der Waals surface area (Å²) in [6.07, 6.45) is -0.0242. The van der Waals surface area contributed by atoms with Crippen molar-refractivity contribution in [2.24, 2.45) is 5.92 Å². The van der Waals surface area contributed by atoms with Crippen molar-refractivity contribution in [3.05, 3.63) is 65.2 Å². The van der Waals surface area contributed by atoms with Crippen LogP contribution in [0.4, 0.5) is 14.5 Å². The summed E-state index contributed by atoms with van der Waals surface area (Å²) in [6.45, 7) is 2.07. The fourth-order valence-electron chi connectivity index (χ4n) is 2.86. The van der Waals surface area contributed by atoms with Gasteiger partial charge < -0.3 is 4.90 Å². The van der Waals surface area contributed by atoms with E-state index in [9.17, 15) is 23.2 Å². The quantitative estimate of drug-likeness (QED) is 0.809. The van der Waals surface area contributed by atoms with Crippen molar-refractivity contribution in [1.82, 2.24) is 10.9 Å². The molecular formula is C19H17F2N3O3. The molecular weight excluding hydrogens is 356 g/mol. The summed E-state index contributed by atoms with van der Waals surface area (Å²) in [5.74, 6) is -4.71. The highest BCUT2D eigenvalue weighted by atomic mass is 19.1. The molecule has 1 saturated heterocycles. The number of nitrogens with zero attached hydrogens (tertiary/aromatic N) is 1. The highest BCUT2D eigenvalue weighted by molar-refractivity contribution is 6.01. The lowest BCUT2D eigenvalue weighted by atomic mass is 10.1. The molecule has 1 aliphatic rings. The van der Waals surface area contributed by atoms with Crippen LogP contribution in [-0.2, 0) is 9.59 Å². The molecule has 0 bridgehead atoms. The molecule has 1 atom stereocenters. The van der Waals surface area contributed by atoms with Gasteiger partial charge in [-0.1, -0.05) is 23.8 Å². The van der Waals surface area contributed by atoms with Crippen LogP contribution in [0.1, 0.15) is 22.3 Å². The average molecular weight is 373 g/mol. The zero-order valence-corrected chi connectivity index (χ0v) is 14.5. The van der Waals surface area contributed by atoms with E-state index < -0.39 is 34.9 Å². The number of aryl methyl sites for hydroxylation is 1. The Morgan fingerprint density at radius 2 is 1.67 bits per heavy atom. The second-order valence-corrected chi connectivity index (χ2v) is 6.28. The second kappa shape index (κ2) is 7.53. The van der Waals surface area contributed by atoms with E-state index in [0.717, 1.165) is 23.8 Å². The molecule has 2 N–H and O–H groups in total. The van der Waals surface area contributed by atoms with Gasteiger partial charge in [-0.15, -0.1) is 0 Å². The van der Waals surface area contributed by atoms with Gasteiger partial charge in [-0.3, -0.25) is 25.2 Å². The van der Waals surface area contributed by atoms with Crippen molar-refractivity contribution < 1.29 is 23.2 Å². The van der Waals surface area contributed by atoms with Crippen molar-refractivity contribution in [3.63, 3.8) is 0 Å². The second-order valence-electron chi connectivity index (χ2n) is 6.28. The summed E-state index contributed by atoms with van der Waals surface area (Å²) in [4.78, 5) is 37.8. The predicted molar refractivity (Wildman–Crippen MR) is 93.6 cm³/mol. The number of benzene rings is 2. The van der Waals surface area contributed by atoms with Crippen LogP contribution in [0.3, 0.4) is 0 Å². The van der Waals surface area contributed by atoms with Crippen LogP contribution in [0.25, 0.3) is 0 Å². The van der Waals surface area contributed by atoms with Crippen molar-refractivity contribution in [3.8, 4) is 0 Å². The van der Waals surface area contributed by atoms with Crippen LogP contribution in [0, 0.1) is 24.5 Å². The standard InChI is InChI=1S/C19H17F2N3O3/c1-11-5-7-13(8-6-11)24-10-12(9-16(24)25)18(26)22-23-19(27)17-14(20)3-2-4-15(17)21/h2-8,12H,9-10H2,1H3,(H,22,26)(H,23,27)/t12-/m1/s1. The number of amides is 3. The Morgan fingerprint density at radius 3 is 2.30 bits per heavy atom. The minimum absolute atomic E-state index is 0.0242. The molecule has 0 radical (unpaired) electrons. The monoisotopic (exact) mass is 373 g/mol. The van der Waals surface area contributed by atoms with Gasteiger partial charge in [-0.25, -0.2) is 8.78 Å². The first-order chi connectivity index (χ1) is 12.9. The smallest absolute Gasteiger partial charge is 0.275 e. The topological polar surface area (TPSA) is 78.5 Å². The minimum Gasteiger partial charge on any atom is -0.312 e. The summed E-state index contributed by atoms with van der Waals surface area (Å²) in [5.41, 5.74) is 5.05. The first kappa shape index (κ1) is 18.5. The SMILES string of the molecule is Cc1ccc(N2C[C@H](C(=O)NNC(=O)c3c(F)cccc3F)CC2=O)cc1. The average Bonchev–Trinajstić information content (AvgIpc) is 3.02. The molecule has 140 valence electrons. The van der Waals surface area contributed by atoms with Gasteiger partial charge in [-0.05, 0) is 31.2 Å². The minimum atomic E-state index is -1.11. The number of hydrogen-bond donors (Lipinski definition) is 2. The van der Waals surface area contributed by atoms with Gasteiger partial charge in [0.25, 0.3) is 5.91 Å². The fraction of sp³-hybridized carbons (Fsp3) is 0.211. The maximum Gasteiger partial charge on any atom is 0.275 e. The third-order valence-corrected chi connectivity index (χ3v) is 4.33. The van der Waals surface area contributed by atoms with Crippen LogP contribution in [-0.4, -0.2) is 24.3 Å². The molecule has 3 amide bonds. The first-order valence-corrected chi connectivity index (χ1v) is 8.28. The van der Waals surface area contributed by atoms with Crippen LogP contribution >= 0.6 is 0 Å². The lowest BCUT2D eigenvalue weighted by Crippen LogP contribution is -2.45. The number of nitrogens with one attached hydrogen (secondary N) is 2. The van der Waals surface area contributed by atoms with Crippen LogP contribution in [0.15, 0.2) is 42.5 Å². The normalized spacial score (nSPS) is 16.3. The van der Waals surface area contributed by atoms with Crippen LogP contribution < -0.4 is 15.8 Å². The number of hydrogen-bond acceptors (Lipinski definition) is 3. The molecule has 0 spiro atoms. The maximum absolute atomic E-state index is 13.6. The van der Waals surface area contributed by atoms with E-state index in [1.807, 2.05) is 24.5 Å². The number of carbonyl (C=O) groups is 3. The third-order valence-electron chi connectivity index (χ3n) is 4.33. The van der Waals surface area contributed by atoms with Gasteiger partial charge in [0.2, 0.25) is 11.8 Å². The Hall–Kier alpha value is -3.29. The highest BCUT2D eigenvalue weighted by Crippen LogP contribution is 2.25. The Labute approximate surface area is 154 Å². The molecule has 27 heavy (non-hydrogen) atoms. The van der Waals surface area contributed by atoms with E-state index in [-0.39, 0.29) is 18.9 Å². The molecule has 0 aliphatic carbocycles. The van der Waals surface area contributed by atoms with E-state index in [1.165, 1.54) is 4.90 Å². The maximum atomic E-state index is 13.6. The van der Waals surface area contributed by atoms with Gasteiger partial charge in [0.05, 0.1) is 5.92 Å². The first-order valence-electron chi connectivity index (χ1n) is 8.28. The van der Waals surface area contributed by atoms with E-state index in [2.05, 4.69) is 5.43 Å². The summed E-state index contributed by atoms with van der Waals surface area (Å²) in [7, 11) is 0. The largest absolute Gasteiger partial charge is 0.312 e. The summed E-state index contributed by atoms with van der Waals surface area (Å²) in [5, 5.41) is 0. The molecule has 8 heteroatoms. The number of hydrazine groups is 1. The molecule has 3 rings (SSSR count). The zero-order chi connectivity index (χ0) is 19.6. The molecule has 6 nitrogen and oxygen atoms in total. The van der Waals surface area contributed by atoms with Crippen LogP contribution in [0.2, 0.25) is 0 Å². The molecule has 1 fully saturated rings. The molecule has 0 unspecified atom stereocenters.